The molecule has 4 rings (SSSR count). The topological polar surface area (TPSA) is 85.3 Å². The van der Waals surface area contributed by atoms with Gasteiger partial charge in [0.1, 0.15) is 12.7 Å². The van der Waals surface area contributed by atoms with Crippen molar-refractivity contribution in [1.29, 1.82) is 0 Å². The Balaban J connectivity index is 1.35. The normalized spacial score (nSPS) is 21.9. The molecule has 2 N–H and O–H groups in total. The molecule has 2 heterocycles. The summed E-state index contributed by atoms with van der Waals surface area (Å²) in [5.74, 6) is 0.266. The Morgan fingerprint density at radius 2 is 1.93 bits per heavy atom. The van der Waals surface area contributed by atoms with Crippen molar-refractivity contribution < 1.29 is 19.4 Å². The van der Waals surface area contributed by atoms with Crippen molar-refractivity contribution in [1.82, 2.24) is 10.2 Å². The summed E-state index contributed by atoms with van der Waals surface area (Å²) >= 11 is 5.34. The van der Waals surface area contributed by atoms with E-state index in [1.165, 1.54) is 0 Å². The van der Waals surface area contributed by atoms with Gasteiger partial charge in [-0.2, -0.15) is 0 Å². The van der Waals surface area contributed by atoms with E-state index >= 15 is 0 Å². The SMILES string of the molecule is O=C(CO)N1CCN(c2cccc(N3CC(CNC(=S)C4CC4)OC3=O)c2)CC1. The lowest BCUT2D eigenvalue weighted by molar-refractivity contribution is -0.134. The Bertz CT molecular complexity index is 792. The Hall–Kier alpha value is -2.39. The van der Waals surface area contributed by atoms with E-state index in [0.717, 1.165) is 29.2 Å². The first-order chi connectivity index (χ1) is 14.0. The van der Waals surface area contributed by atoms with Gasteiger partial charge in [0.15, 0.2) is 0 Å². The van der Waals surface area contributed by atoms with Crippen molar-refractivity contribution in [2.75, 3.05) is 55.7 Å². The number of hydrogen-bond donors (Lipinski definition) is 2. The molecule has 1 aromatic rings. The molecule has 0 spiro atoms. The maximum Gasteiger partial charge on any atom is 0.414 e. The second kappa shape index (κ2) is 8.54. The lowest BCUT2D eigenvalue weighted by Crippen LogP contribution is -2.49. The third kappa shape index (κ3) is 4.62. The number of anilines is 2. The Morgan fingerprint density at radius 1 is 1.21 bits per heavy atom. The number of ether oxygens (including phenoxy) is 1. The number of nitrogens with one attached hydrogen (secondary N) is 1. The van der Waals surface area contributed by atoms with Crippen molar-refractivity contribution in [2.45, 2.75) is 18.9 Å². The van der Waals surface area contributed by atoms with Gasteiger partial charge in [0.2, 0.25) is 5.91 Å². The number of aliphatic hydroxyl groups is 1. The first kappa shape index (κ1) is 19.9. The number of piperazine rings is 1. The number of nitrogens with zero attached hydrogens (tertiary/aromatic N) is 3. The predicted molar refractivity (Wildman–Crippen MR) is 113 cm³/mol. The molecule has 8 nitrogen and oxygen atoms in total. The second-order valence-corrected chi connectivity index (χ2v) is 8.12. The number of thiocarbonyl (C=S) groups is 1. The Morgan fingerprint density at radius 3 is 2.62 bits per heavy atom. The minimum absolute atomic E-state index is 0.226. The molecule has 2 amide bonds. The fourth-order valence-electron chi connectivity index (χ4n) is 3.71. The van der Waals surface area contributed by atoms with Crippen LogP contribution in [0.15, 0.2) is 24.3 Å². The highest BCUT2D eigenvalue weighted by atomic mass is 32.1. The zero-order valence-electron chi connectivity index (χ0n) is 16.2. The summed E-state index contributed by atoms with van der Waals surface area (Å²) < 4.78 is 5.50. The standard InChI is InChI=1S/C20H26N4O4S/c25-13-18(26)23-8-6-22(7-9-23)15-2-1-3-16(10-15)24-12-17(28-20(24)27)11-21-19(29)14-4-5-14/h1-3,10,14,17,25H,4-9,11-13H2,(H,21,29). The van der Waals surface area contributed by atoms with Crippen LogP contribution >= 0.6 is 12.2 Å². The van der Waals surface area contributed by atoms with E-state index in [1.807, 2.05) is 24.3 Å². The number of carbonyl (C=O) groups is 2. The van der Waals surface area contributed by atoms with E-state index in [9.17, 15) is 9.59 Å². The summed E-state index contributed by atoms with van der Waals surface area (Å²) in [7, 11) is 0. The van der Waals surface area contributed by atoms with Crippen molar-refractivity contribution >= 4 is 40.6 Å². The Kier molecular flexibility index (Phi) is 5.86. The fourth-order valence-corrected chi connectivity index (χ4v) is 4.03. The van der Waals surface area contributed by atoms with Crippen LogP contribution in [0.1, 0.15) is 12.8 Å². The second-order valence-electron chi connectivity index (χ2n) is 7.68. The van der Waals surface area contributed by atoms with Gasteiger partial charge >= 0.3 is 6.09 Å². The van der Waals surface area contributed by atoms with E-state index in [0.29, 0.717) is 45.2 Å². The van der Waals surface area contributed by atoms with Crippen molar-refractivity contribution in [3.63, 3.8) is 0 Å². The Labute approximate surface area is 175 Å². The number of hydrogen-bond acceptors (Lipinski definition) is 6. The van der Waals surface area contributed by atoms with Gasteiger partial charge < -0.3 is 25.0 Å². The molecule has 3 fully saturated rings. The summed E-state index contributed by atoms with van der Waals surface area (Å²) in [4.78, 5) is 30.4. The number of benzene rings is 1. The minimum atomic E-state index is -0.450. The molecular formula is C20H26N4O4S. The number of aliphatic hydroxyl groups excluding tert-OH is 1. The maximum atomic E-state index is 12.4. The van der Waals surface area contributed by atoms with Gasteiger partial charge in [-0.05, 0) is 31.0 Å². The zero-order chi connectivity index (χ0) is 20.4. The molecular weight excluding hydrogens is 392 g/mol. The van der Waals surface area contributed by atoms with Gasteiger partial charge in [-0.25, -0.2) is 4.79 Å². The van der Waals surface area contributed by atoms with E-state index < -0.39 is 6.61 Å². The quantitative estimate of drug-likeness (QED) is 0.666. The molecule has 29 heavy (non-hydrogen) atoms. The summed E-state index contributed by atoms with van der Waals surface area (Å²) in [6.45, 7) is 3.09. The molecule has 2 saturated heterocycles. The van der Waals surface area contributed by atoms with Crippen LogP contribution in [0.3, 0.4) is 0 Å². The molecule has 0 aromatic heterocycles. The molecule has 9 heteroatoms. The molecule has 2 aliphatic heterocycles. The average molecular weight is 419 g/mol. The molecule has 1 unspecified atom stereocenters. The minimum Gasteiger partial charge on any atom is -0.442 e. The largest absolute Gasteiger partial charge is 0.442 e. The van der Waals surface area contributed by atoms with Gasteiger partial charge in [0.05, 0.1) is 18.1 Å². The molecule has 0 bridgehead atoms. The van der Waals surface area contributed by atoms with E-state index in [1.54, 1.807) is 9.80 Å². The fraction of sp³-hybridized carbons (Fsp3) is 0.550. The molecule has 1 aromatic carbocycles. The molecule has 0 radical (unpaired) electrons. The predicted octanol–water partition coefficient (Wildman–Crippen LogP) is 0.980. The van der Waals surface area contributed by atoms with E-state index in [4.69, 9.17) is 22.1 Å². The van der Waals surface area contributed by atoms with Crippen LogP contribution in [0.4, 0.5) is 16.2 Å². The van der Waals surface area contributed by atoms with E-state index in [2.05, 4.69) is 10.2 Å². The first-order valence-electron chi connectivity index (χ1n) is 10.0. The monoisotopic (exact) mass is 418 g/mol. The molecule has 1 aliphatic carbocycles. The van der Waals surface area contributed by atoms with Gasteiger partial charge in [-0.3, -0.25) is 9.69 Å². The van der Waals surface area contributed by atoms with Gasteiger partial charge in [0.25, 0.3) is 0 Å². The van der Waals surface area contributed by atoms with Crippen molar-refractivity contribution in [3.8, 4) is 0 Å². The van der Waals surface area contributed by atoms with Crippen molar-refractivity contribution in [3.05, 3.63) is 24.3 Å². The van der Waals surface area contributed by atoms with Crippen LogP contribution in [0.2, 0.25) is 0 Å². The highest BCUT2D eigenvalue weighted by Gasteiger charge is 2.34. The van der Waals surface area contributed by atoms with Gasteiger partial charge in [0, 0.05) is 43.5 Å². The van der Waals surface area contributed by atoms with Crippen LogP contribution in [-0.2, 0) is 9.53 Å². The number of carbonyl (C=O) groups excluding carboxylic acids is 2. The molecule has 3 aliphatic rings. The first-order valence-corrected chi connectivity index (χ1v) is 10.5. The van der Waals surface area contributed by atoms with Crippen LogP contribution in [0.25, 0.3) is 0 Å². The third-order valence-corrected chi connectivity index (χ3v) is 6.08. The number of rotatable bonds is 6. The molecule has 156 valence electrons. The summed E-state index contributed by atoms with van der Waals surface area (Å²) in [5, 5.41) is 12.2. The van der Waals surface area contributed by atoms with Gasteiger partial charge in [-0.1, -0.05) is 18.3 Å². The molecule has 1 atom stereocenters. The summed E-state index contributed by atoms with van der Waals surface area (Å²) in [6.07, 6.45) is 1.73. The summed E-state index contributed by atoms with van der Waals surface area (Å²) in [6, 6.07) is 7.81. The van der Waals surface area contributed by atoms with Gasteiger partial charge in [-0.15, -0.1) is 0 Å². The van der Waals surface area contributed by atoms with E-state index in [-0.39, 0.29) is 18.1 Å². The smallest absolute Gasteiger partial charge is 0.414 e. The third-order valence-electron chi connectivity index (χ3n) is 5.60. The highest BCUT2D eigenvalue weighted by Crippen LogP contribution is 2.30. The van der Waals surface area contributed by atoms with Crippen LogP contribution < -0.4 is 15.1 Å². The number of amides is 2. The lowest BCUT2D eigenvalue weighted by Gasteiger charge is -2.36. The van der Waals surface area contributed by atoms with Crippen molar-refractivity contribution in [2.24, 2.45) is 5.92 Å². The highest BCUT2D eigenvalue weighted by molar-refractivity contribution is 7.80. The summed E-state index contributed by atoms with van der Waals surface area (Å²) in [5.41, 5.74) is 1.80. The van der Waals surface area contributed by atoms with Crippen LogP contribution in [0.5, 0.6) is 0 Å². The number of cyclic esters (lactones) is 1. The average Bonchev–Trinajstić information content (AvgIpc) is 3.54. The zero-order valence-corrected chi connectivity index (χ0v) is 17.1. The maximum absolute atomic E-state index is 12.4. The molecule has 1 saturated carbocycles. The van der Waals surface area contributed by atoms with Crippen LogP contribution in [0, 0.1) is 5.92 Å². The lowest BCUT2D eigenvalue weighted by atomic mass is 10.2. The van der Waals surface area contributed by atoms with Crippen LogP contribution in [-0.4, -0.2) is 79.0 Å².